The normalized spacial score (nSPS) is 11.8. The first kappa shape index (κ1) is 16.3. The Morgan fingerprint density at radius 3 is 2.35 bits per heavy atom. The van der Waals surface area contributed by atoms with Gasteiger partial charge >= 0.3 is 5.97 Å². The van der Waals surface area contributed by atoms with Gasteiger partial charge in [-0.05, 0) is 43.5 Å². The van der Waals surface area contributed by atoms with Gasteiger partial charge in [-0.1, -0.05) is 18.5 Å². The first-order chi connectivity index (χ1) is 9.35. The van der Waals surface area contributed by atoms with Crippen LogP contribution in [0.2, 0.25) is 5.02 Å². The fraction of sp³-hybridized carbons (Fsp3) is 0.429. The third-order valence-electron chi connectivity index (χ3n) is 2.82. The Kier molecular flexibility index (Phi) is 5.82. The molecule has 1 atom stereocenters. The molecule has 110 valence electrons. The summed E-state index contributed by atoms with van der Waals surface area (Å²) >= 11 is 6.03. The summed E-state index contributed by atoms with van der Waals surface area (Å²) < 4.78 is 5.35. The van der Waals surface area contributed by atoms with Crippen LogP contribution in [0.3, 0.4) is 0 Å². The molecule has 5 nitrogen and oxygen atoms in total. The highest BCUT2D eigenvalue weighted by molar-refractivity contribution is 6.32. The second kappa shape index (κ2) is 7.14. The van der Waals surface area contributed by atoms with Gasteiger partial charge in [0.2, 0.25) is 0 Å². The van der Waals surface area contributed by atoms with E-state index in [4.69, 9.17) is 21.4 Å². The van der Waals surface area contributed by atoms with Crippen LogP contribution in [-0.2, 0) is 9.59 Å². The number of carbonyl (C=O) groups is 2. The molecule has 1 aromatic carbocycles. The van der Waals surface area contributed by atoms with E-state index in [-0.39, 0.29) is 6.61 Å². The zero-order valence-electron chi connectivity index (χ0n) is 11.7. The molecule has 1 amide bonds. The third kappa shape index (κ3) is 4.42. The van der Waals surface area contributed by atoms with Crippen LogP contribution in [0.25, 0.3) is 0 Å². The average molecular weight is 300 g/mol. The van der Waals surface area contributed by atoms with E-state index in [1.165, 1.54) is 0 Å². The molecule has 0 aliphatic carbocycles. The minimum atomic E-state index is -1.06. The Labute approximate surface area is 122 Å². The number of aryl methyl sites for hydroxylation is 2. The van der Waals surface area contributed by atoms with Crippen molar-refractivity contribution >= 4 is 23.5 Å². The first-order valence-corrected chi connectivity index (χ1v) is 6.64. The van der Waals surface area contributed by atoms with Crippen LogP contribution in [0.1, 0.15) is 24.5 Å². The number of carbonyl (C=O) groups excluding carboxylic acids is 1. The number of ether oxygens (including phenoxy) is 1. The lowest BCUT2D eigenvalue weighted by Gasteiger charge is -2.13. The molecule has 0 saturated heterocycles. The van der Waals surface area contributed by atoms with E-state index in [0.717, 1.165) is 11.1 Å². The average Bonchev–Trinajstić information content (AvgIpc) is 2.39. The summed E-state index contributed by atoms with van der Waals surface area (Å²) in [5.74, 6) is -0.994. The zero-order chi connectivity index (χ0) is 15.3. The maximum Gasteiger partial charge on any atom is 0.326 e. The van der Waals surface area contributed by atoms with Crippen molar-refractivity contribution in [1.82, 2.24) is 5.32 Å². The van der Waals surface area contributed by atoms with Crippen LogP contribution in [0, 0.1) is 13.8 Å². The molecular formula is C14H18ClNO4. The van der Waals surface area contributed by atoms with Crippen molar-refractivity contribution in [1.29, 1.82) is 0 Å². The summed E-state index contributed by atoms with van der Waals surface area (Å²) in [4.78, 5) is 22.4. The van der Waals surface area contributed by atoms with Gasteiger partial charge in [0, 0.05) is 5.02 Å². The van der Waals surface area contributed by atoms with Gasteiger partial charge in [-0.2, -0.15) is 0 Å². The number of hydrogen-bond donors (Lipinski definition) is 2. The van der Waals surface area contributed by atoms with Gasteiger partial charge in [0.25, 0.3) is 5.91 Å². The predicted molar refractivity (Wildman–Crippen MR) is 76.3 cm³/mol. The number of carboxylic acids is 1. The predicted octanol–water partition coefficient (Wildman–Crippen LogP) is 2.32. The number of aliphatic carboxylic acids is 1. The molecule has 0 saturated carbocycles. The Morgan fingerprint density at radius 2 is 1.90 bits per heavy atom. The monoisotopic (exact) mass is 299 g/mol. The largest absolute Gasteiger partial charge is 0.484 e. The standard InChI is InChI=1S/C14H18ClNO4/c1-4-11(14(18)19)16-12(17)7-20-10-5-8(2)13(15)9(3)6-10/h5-6,11H,4,7H2,1-3H3,(H,16,17)(H,18,19). The molecule has 0 aliphatic rings. The van der Waals surface area contributed by atoms with E-state index in [2.05, 4.69) is 5.32 Å². The highest BCUT2D eigenvalue weighted by Crippen LogP contribution is 2.25. The van der Waals surface area contributed by atoms with E-state index in [9.17, 15) is 9.59 Å². The van der Waals surface area contributed by atoms with E-state index in [0.29, 0.717) is 17.2 Å². The molecule has 1 aromatic rings. The van der Waals surface area contributed by atoms with Crippen molar-refractivity contribution in [2.45, 2.75) is 33.2 Å². The van der Waals surface area contributed by atoms with Crippen molar-refractivity contribution in [3.8, 4) is 5.75 Å². The van der Waals surface area contributed by atoms with Crippen molar-refractivity contribution in [3.05, 3.63) is 28.3 Å². The van der Waals surface area contributed by atoms with Crippen LogP contribution in [-0.4, -0.2) is 29.6 Å². The number of halogens is 1. The lowest BCUT2D eigenvalue weighted by Crippen LogP contribution is -2.42. The Morgan fingerprint density at radius 1 is 1.35 bits per heavy atom. The van der Waals surface area contributed by atoms with Gasteiger partial charge in [0.05, 0.1) is 0 Å². The fourth-order valence-corrected chi connectivity index (χ4v) is 1.82. The topological polar surface area (TPSA) is 75.6 Å². The molecule has 0 bridgehead atoms. The summed E-state index contributed by atoms with van der Waals surface area (Å²) in [6.45, 7) is 5.15. The molecule has 0 aliphatic heterocycles. The number of nitrogens with one attached hydrogen (secondary N) is 1. The SMILES string of the molecule is CCC(NC(=O)COc1cc(C)c(Cl)c(C)c1)C(=O)O. The third-order valence-corrected chi connectivity index (χ3v) is 3.42. The highest BCUT2D eigenvalue weighted by atomic mass is 35.5. The van der Waals surface area contributed by atoms with Crippen LogP contribution < -0.4 is 10.1 Å². The maximum absolute atomic E-state index is 11.6. The first-order valence-electron chi connectivity index (χ1n) is 6.26. The molecule has 1 rings (SSSR count). The summed E-state index contributed by atoms with van der Waals surface area (Å²) in [5, 5.41) is 11.9. The van der Waals surface area contributed by atoms with Gasteiger partial charge in [-0.25, -0.2) is 4.79 Å². The van der Waals surface area contributed by atoms with Crippen LogP contribution >= 0.6 is 11.6 Å². The number of benzene rings is 1. The van der Waals surface area contributed by atoms with Crippen LogP contribution in [0.5, 0.6) is 5.75 Å². The summed E-state index contributed by atoms with van der Waals surface area (Å²) in [5.41, 5.74) is 1.72. The summed E-state index contributed by atoms with van der Waals surface area (Å²) in [6.07, 6.45) is 0.320. The Balaban J connectivity index is 2.59. The summed E-state index contributed by atoms with van der Waals surface area (Å²) in [7, 11) is 0. The minimum Gasteiger partial charge on any atom is -0.484 e. The molecule has 2 N–H and O–H groups in total. The van der Waals surface area contributed by atoms with E-state index in [1.54, 1.807) is 19.1 Å². The van der Waals surface area contributed by atoms with Crippen LogP contribution in [0.15, 0.2) is 12.1 Å². The van der Waals surface area contributed by atoms with Crippen molar-refractivity contribution < 1.29 is 19.4 Å². The van der Waals surface area contributed by atoms with E-state index < -0.39 is 17.9 Å². The Bertz CT molecular complexity index is 493. The highest BCUT2D eigenvalue weighted by Gasteiger charge is 2.17. The number of hydrogen-bond acceptors (Lipinski definition) is 3. The van der Waals surface area contributed by atoms with Crippen molar-refractivity contribution in [3.63, 3.8) is 0 Å². The van der Waals surface area contributed by atoms with E-state index >= 15 is 0 Å². The number of rotatable bonds is 6. The second-order valence-electron chi connectivity index (χ2n) is 4.53. The molecular weight excluding hydrogens is 282 g/mol. The zero-order valence-corrected chi connectivity index (χ0v) is 12.5. The fourth-order valence-electron chi connectivity index (χ4n) is 1.71. The minimum absolute atomic E-state index is 0.232. The van der Waals surface area contributed by atoms with E-state index in [1.807, 2.05) is 13.8 Å². The number of amides is 1. The van der Waals surface area contributed by atoms with Gasteiger partial charge in [0.1, 0.15) is 11.8 Å². The van der Waals surface area contributed by atoms with Gasteiger partial charge in [0.15, 0.2) is 6.61 Å². The molecule has 6 heteroatoms. The molecule has 0 radical (unpaired) electrons. The van der Waals surface area contributed by atoms with Crippen molar-refractivity contribution in [2.75, 3.05) is 6.61 Å². The van der Waals surface area contributed by atoms with Gasteiger partial charge < -0.3 is 15.2 Å². The molecule has 20 heavy (non-hydrogen) atoms. The quantitative estimate of drug-likeness (QED) is 0.845. The van der Waals surface area contributed by atoms with Crippen molar-refractivity contribution in [2.24, 2.45) is 0 Å². The van der Waals surface area contributed by atoms with Gasteiger partial charge in [-0.3, -0.25) is 4.79 Å². The summed E-state index contributed by atoms with van der Waals surface area (Å²) in [6, 6.07) is 2.58. The lowest BCUT2D eigenvalue weighted by atomic mass is 10.1. The Hall–Kier alpha value is -1.75. The molecule has 0 heterocycles. The second-order valence-corrected chi connectivity index (χ2v) is 4.90. The molecule has 0 aromatic heterocycles. The lowest BCUT2D eigenvalue weighted by molar-refractivity contribution is -0.142. The number of carboxylic acid groups (broad SMARTS) is 1. The van der Waals surface area contributed by atoms with Crippen LogP contribution in [0.4, 0.5) is 0 Å². The molecule has 1 unspecified atom stereocenters. The maximum atomic E-state index is 11.6. The smallest absolute Gasteiger partial charge is 0.326 e. The van der Waals surface area contributed by atoms with Gasteiger partial charge in [-0.15, -0.1) is 0 Å². The molecule has 0 spiro atoms. The molecule has 0 fully saturated rings.